The van der Waals surface area contributed by atoms with Crippen LogP contribution in [0.1, 0.15) is 11.4 Å². The summed E-state index contributed by atoms with van der Waals surface area (Å²) >= 11 is 0. The molecule has 3 rings (SSSR count). The fourth-order valence-electron chi connectivity index (χ4n) is 1.94. The van der Waals surface area contributed by atoms with Crippen LogP contribution in [0.2, 0.25) is 0 Å². The van der Waals surface area contributed by atoms with E-state index in [0.29, 0.717) is 18.1 Å². The number of fused-ring (bicyclic) bond motifs is 1. The predicted octanol–water partition coefficient (Wildman–Crippen LogP) is 0.639. The number of benzene rings is 1. The molecule has 0 fully saturated rings. The number of imidazole rings is 1. The highest BCUT2D eigenvalue weighted by atomic mass is 16.7. The number of H-pyrrole nitrogens is 1. The van der Waals surface area contributed by atoms with Gasteiger partial charge < -0.3 is 10.6 Å². The summed E-state index contributed by atoms with van der Waals surface area (Å²) in [5.41, 5.74) is 6.71. The number of nitrogen functional groups attached to an aromatic ring is 1. The van der Waals surface area contributed by atoms with Gasteiger partial charge in [0.25, 0.3) is 5.56 Å². The van der Waals surface area contributed by atoms with E-state index in [0.717, 1.165) is 5.56 Å². The normalized spacial score (nSPS) is 10.8. The Morgan fingerprint density at radius 3 is 2.80 bits per heavy atom. The zero-order valence-electron chi connectivity index (χ0n) is 10.8. The summed E-state index contributed by atoms with van der Waals surface area (Å²) in [4.78, 5) is 28.0. The molecule has 0 atom stereocenters. The predicted molar refractivity (Wildman–Crippen MR) is 74.0 cm³/mol. The standard InChI is InChI=1S/C13H13N5O2/c1-8-15-10-11(16-13(14)17-12(10)19)18(8)20-7-9-5-3-2-4-6-9/h2-6H,7H2,1H3,(H3,14,16,17,19). The van der Waals surface area contributed by atoms with Crippen LogP contribution < -0.4 is 16.1 Å². The maximum absolute atomic E-state index is 11.7. The molecule has 0 saturated carbocycles. The second-order valence-electron chi connectivity index (χ2n) is 4.34. The SMILES string of the molecule is Cc1nc2c(=O)[nH]c(N)nc2n1OCc1ccccc1. The molecule has 0 unspecified atom stereocenters. The lowest BCUT2D eigenvalue weighted by molar-refractivity contribution is 0.100. The van der Waals surface area contributed by atoms with Crippen molar-refractivity contribution in [3.63, 3.8) is 0 Å². The third-order valence-electron chi connectivity index (χ3n) is 2.86. The molecule has 0 amide bonds. The van der Waals surface area contributed by atoms with E-state index in [2.05, 4.69) is 15.0 Å². The number of nitrogens with two attached hydrogens (primary N) is 1. The van der Waals surface area contributed by atoms with E-state index >= 15 is 0 Å². The lowest BCUT2D eigenvalue weighted by atomic mass is 10.2. The average Bonchev–Trinajstić information content (AvgIpc) is 2.74. The van der Waals surface area contributed by atoms with E-state index in [-0.39, 0.29) is 17.0 Å². The molecule has 0 aliphatic heterocycles. The van der Waals surface area contributed by atoms with Gasteiger partial charge >= 0.3 is 0 Å². The fraction of sp³-hybridized carbons (Fsp3) is 0.154. The van der Waals surface area contributed by atoms with Gasteiger partial charge in [0.1, 0.15) is 12.4 Å². The number of aromatic nitrogens is 4. The van der Waals surface area contributed by atoms with Gasteiger partial charge in [-0.3, -0.25) is 9.78 Å². The van der Waals surface area contributed by atoms with Crippen LogP contribution in [-0.4, -0.2) is 19.7 Å². The van der Waals surface area contributed by atoms with Crippen molar-refractivity contribution in [3.05, 3.63) is 52.1 Å². The maximum Gasteiger partial charge on any atom is 0.280 e. The monoisotopic (exact) mass is 271 g/mol. The smallest absolute Gasteiger partial charge is 0.280 e. The van der Waals surface area contributed by atoms with Gasteiger partial charge in [0.05, 0.1) is 0 Å². The Morgan fingerprint density at radius 1 is 1.30 bits per heavy atom. The van der Waals surface area contributed by atoms with Crippen LogP contribution in [0.25, 0.3) is 11.2 Å². The molecule has 2 heterocycles. The van der Waals surface area contributed by atoms with Gasteiger partial charge in [0, 0.05) is 0 Å². The van der Waals surface area contributed by atoms with Crippen molar-refractivity contribution < 1.29 is 4.84 Å². The van der Waals surface area contributed by atoms with Crippen LogP contribution in [0.5, 0.6) is 0 Å². The van der Waals surface area contributed by atoms with E-state index < -0.39 is 0 Å². The Labute approximate surface area is 114 Å². The lowest BCUT2D eigenvalue weighted by Gasteiger charge is -2.08. The Morgan fingerprint density at radius 2 is 2.05 bits per heavy atom. The second-order valence-corrected chi connectivity index (χ2v) is 4.34. The molecule has 102 valence electrons. The summed E-state index contributed by atoms with van der Waals surface area (Å²) in [6.07, 6.45) is 0. The highest BCUT2D eigenvalue weighted by Gasteiger charge is 2.14. The molecule has 3 N–H and O–H groups in total. The van der Waals surface area contributed by atoms with Crippen molar-refractivity contribution in [1.29, 1.82) is 0 Å². The molecule has 0 aliphatic rings. The van der Waals surface area contributed by atoms with Crippen LogP contribution in [0, 0.1) is 6.92 Å². The van der Waals surface area contributed by atoms with Crippen molar-refractivity contribution in [2.45, 2.75) is 13.5 Å². The molecular formula is C13H13N5O2. The number of hydrogen-bond donors (Lipinski definition) is 2. The molecule has 0 saturated heterocycles. The first-order chi connectivity index (χ1) is 9.65. The molecule has 0 spiro atoms. The molecule has 7 nitrogen and oxygen atoms in total. The Hall–Kier alpha value is -2.83. The number of hydrogen-bond acceptors (Lipinski definition) is 5. The van der Waals surface area contributed by atoms with Crippen LogP contribution in [0.15, 0.2) is 35.1 Å². The van der Waals surface area contributed by atoms with E-state index in [4.69, 9.17) is 10.6 Å². The zero-order chi connectivity index (χ0) is 14.1. The van der Waals surface area contributed by atoms with Gasteiger partial charge in [-0.15, -0.1) is 4.73 Å². The first-order valence-electron chi connectivity index (χ1n) is 6.07. The number of aryl methyl sites for hydroxylation is 1. The van der Waals surface area contributed by atoms with Crippen molar-refractivity contribution in [2.24, 2.45) is 0 Å². The van der Waals surface area contributed by atoms with Gasteiger partial charge in [0.2, 0.25) is 11.6 Å². The maximum atomic E-state index is 11.7. The highest BCUT2D eigenvalue weighted by molar-refractivity contribution is 5.70. The highest BCUT2D eigenvalue weighted by Crippen LogP contribution is 2.10. The third-order valence-corrected chi connectivity index (χ3v) is 2.86. The molecule has 1 aromatic carbocycles. The molecular weight excluding hydrogens is 258 g/mol. The molecule has 2 aromatic heterocycles. The minimum absolute atomic E-state index is 0.0342. The number of rotatable bonds is 3. The largest absolute Gasteiger partial charge is 0.406 e. The molecule has 0 bridgehead atoms. The van der Waals surface area contributed by atoms with Crippen LogP contribution in [0.4, 0.5) is 5.95 Å². The van der Waals surface area contributed by atoms with Crippen LogP contribution >= 0.6 is 0 Å². The van der Waals surface area contributed by atoms with Crippen LogP contribution in [0.3, 0.4) is 0 Å². The lowest BCUT2D eigenvalue weighted by Crippen LogP contribution is -2.16. The molecule has 7 heteroatoms. The number of aromatic amines is 1. The Kier molecular flexibility index (Phi) is 2.86. The van der Waals surface area contributed by atoms with Gasteiger partial charge in [-0.2, -0.15) is 4.98 Å². The van der Waals surface area contributed by atoms with E-state index in [9.17, 15) is 4.79 Å². The zero-order valence-corrected chi connectivity index (χ0v) is 10.8. The Bertz CT molecular complexity index is 807. The summed E-state index contributed by atoms with van der Waals surface area (Å²) in [5.74, 6) is 0.575. The van der Waals surface area contributed by atoms with Gasteiger partial charge in [0.15, 0.2) is 5.52 Å². The third kappa shape index (κ3) is 2.09. The minimum Gasteiger partial charge on any atom is -0.406 e. The molecule has 0 radical (unpaired) electrons. The van der Waals surface area contributed by atoms with Gasteiger partial charge in [-0.05, 0) is 12.5 Å². The van der Waals surface area contributed by atoms with E-state index in [1.807, 2.05) is 30.3 Å². The van der Waals surface area contributed by atoms with Crippen molar-refractivity contribution in [2.75, 3.05) is 5.73 Å². The summed E-state index contributed by atoms with van der Waals surface area (Å²) in [7, 11) is 0. The number of nitrogens with zero attached hydrogens (tertiary/aromatic N) is 3. The first-order valence-corrected chi connectivity index (χ1v) is 6.07. The number of anilines is 1. The van der Waals surface area contributed by atoms with E-state index in [1.54, 1.807) is 6.92 Å². The summed E-state index contributed by atoms with van der Waals surface area (Å²) in [6.45, 7) is 2.09. The molecule has 0 aliphatic carbocycles. The minimum atomic E-state index is -0.377. The van der Waals surface area contributed by atoms with Crippen molar-refractivity contribution >= 4 is 17.1 Å². The average molecular weight is 271 g/mol. The van der Waals surface area contributed by atoms with E-state index in [1.165, 1.54) is 4.73 Å². The van der Waals surface area contributed by atoms with Gasteiger partial charge in [-0.25, -0.2) is 4.98 Å². The first kappa shape index (κ1) is 12.2. The number of nitrogens with one attached hydrogen (secondary N) is 1. The van der Waals surface area contributed by atoms with Crippen LogP contribution in [-0.2, 0) is 6.61 Å². The topological polar surface area (TPSA) is 98.8 Å². The second kappa shape index (κ2) is 4.69. The summed E-state index contributed by atoms with van der Waals surface area (Å²) in [5, 5.41) is 0. The summed E-state index contributed by atoms with van der Waals surface area (Å²) in [6, 6.07) is 9.69. The van der Waals surface area contributed by atoms with Crippen molar-refractivity contribution in [3.8, 4) is 0 Å². The van der Waals surface area contributed by atoms with Gasteiger partial charge in [-0.1, -0.05) is 30.3 Å². The fourth-order valence-corrected chi connectivity index (χ4v) is 1.94. The van der Waals surface area contributed by atoms with Crippen molar-refractivity contribution in [1.82, 2.24) is 19.7 Å². The Balaban J connectivity index is 1.99. The quantitative estimate of drug-likeness (QED) is 0.728. The summed E-state index contributed by atoms with van der Waals surface area (Å²) < 4.78 is 1.42. The molecule has 20 heavy (non-hydrogen) atoms. The molecule has 3 aromatic rings.